The highest BCUT2D eigenvalue weighted by molar-refractivity contribution is 6.90. The number of rotatable bonds is 4. The van der Waals surface area contributed by atoms with Gasteiger partial charge in [-0.25, -0.2) is 14.4 Å². The SMILES string of the molecule is Cc1cc(C#C[Si](C(C)C)(C(C)C)C(C)C)nc(N2CCC(F)C2)n1. The number of hydrogen-bond acceptors (Lipinski definition) is 3. The fourth-order valence-electron chi connectivity index (χ4n) is 4.26. The Labute approximate surface area is 153 Å². The summed E-state index contributed by atoms with van der Waals surface area (Å²) in [5.74, 6) is 4.01. The van der Waals surface area contributed by atoms with Gasteiger partial charge < -0.3 is 4.90 Å². The molecule has 25 heavy (non-hydrogen) atoms. The standard InChI is InChI=1S/C20H32FN3Si/c1-14(2)25(15(3)4,16(5)6)11-9-19-12-17(7)22-20(23-19)24-10-8-18(21)13-24/h12,14-16,18H,8,10,13H2,1-7H3. The molecule has 5 heteroatoms. The van der Waals surface area contributed by atoms with E-state index in [9.17, 15) is 4.39 Å². The molecule has 0 N–H and O–H groups in total. The van der Waals surface area contributed by atoms with E-state index in [1.165, 1.54) is 0 Å². The van der Waals surface area contributed by atoms with E-state index in [2.05, 4.69) is 63.0 Å². The zero-order chi connectivity index (χ0) is 18.8. The van der Waals surface area contributed by atoms with Crippen LogP contribution in [0.25, 0.3) is 0 Å². The van der Waals surface area contributed by atoms with Crippen LogP contribution in [0.3, 0.4) is 0 Å². The van der Waals surface area contributed by atoms with Gasteiger partial charge in [0, 0.05) is 12.2 Å². The Morgan fingerprint density at radius 1 is 1.12 bits per heavy atom. The van der Waals surface area contributed by atoms with Crippen molar-refractivity contribution in [2.24, 2.45) is 0 Å². The lowest BCUT2D eigenvalue weighted by atomic mass is 10.3. The highest BCUT2D eigenvalue weighted by atomic mass is 28.3. The van der Waals surface area contributed by atoms with Crippen LogP contribution in [-0.2, 0) is 0 Å². The van der Waals surface area contributed by atoms with Gasteiger partial charge >= 0.3 is 0 Å². The van der Waals surface area contributed by atoms with Crippen LogP contribution in [0, 0.1) is 18.4 Å². The summed E-state index contributed by atoms with van der Waals surface area (Å²) in [6, 6.07) is 1.94. The van der Waals surface area contributed by atoms with Gasteiger partial charge in [0.1, 0.15) is 19.9 Å². The molecule has 0 saturated carbocycles. The minimum Gasteiger partial charge on any atom is -0.338 e. The van der Waals surface area contributed by atoms with E-state index in [4.69, 9.17) is 0 Å². The summed E-state index contributed by atoms with van der Waals surface area (Å²) in [6.45, 7) is 16.9. The average molecular weight is 362 g/mol. The average Bonchev–Trinajstić information content (AvgIpc) is 2.93. The van der Waals surface area contributed by atoms with Crippen LogP contribution < -0.4 is 4.90 Å². The van der Waals surface area contributed by atoms with Crippen LogP contribution in [0.2, 0.25) is 16.6 Å². The van der Waals surface area contributed by atoms with Crippen molar-refractivity contribution in [3.63, 3.8) is 0 Å². The van der Waals surface area contributed by atoms with Gasteiger partial charge in [0.05, 0.1) is 6.54 Å². The molecule has 0 amide bonds. The van der Waals surface area contributed by atoms with Crippen molar-refractivity contribution in [2.75, 3.05) is 18.0 Å². The van der Waals surface area contributed by atoms with E-state index in [-0.39, 0.29) is 0 Å². The molecular weight excluding hydrogens is 329 g/mol. The second kappa shape index (κ2) is 7.86. The molecule has 0 bridgehead atoms. The summed E-state index contributed by atoms with van der Waals surface area (Å²) >= 11 is 0. The van der Waals surface area contributed by atoms with Crippen molar-refractivity contribution in [3.05, 3.63) is 17.5 Å². The Kier molecular flexibility index (Phi) is 6.26. The minimum atomic E-state index is -1.78. The van der Waals surface area contributed by atoms with Crippen molar-refractivity contribution in [3.8, 4) is 11.5 Å². The smallest absolute Gasteiger partial charge is 0.226 e. The highest BCUT2D eigenvalue weighted by Crippen LogP contribution is 2.40. The number of anilines is 1. The zero-order valence-electron chi connectivity index (χ0n) is 16.7. The molecule has 1 fully saturated rings. The summed E-state index contributed by atoms with van der Waals surface area (Å²) < 4.78 is 13.5. The summed E-state index contributed by atoms with van der Waals surface area (Å²) in [6.07, 6.45) is -0.218. The Morgan fingerprint density at radius 3 is 2.20 bits per heavy atom. The minimum absolute atomic E-state index is 0.388. The third-order valence-corrected chi connectivity index (χ3v) is 11.8. The van der Waals surface area contributed by atoms with Crippen LogP contribution >= 0.6 is 0 Å². The van der Waals surface area contributed by atoms with Crippen LogP contribution in [0.15, 0.2) is 6.07 Å². The van der Waals surface area contributed by atoms with E-state index in [0.29, 0.717) is 42.1 Å². The van der Waals surface area contributed by atoms with Crippen molar-refractivity contribution in [1.29, 1.82) is 0 Å². The summed E-state index contributed by atoms with van der Waals surface area (Å²) in [7, 11) is -1.78. The highest BCUT2D eigenvalue weighted by Gasteiger charge is 2.41. The van der Waals surface area contributed by atoms with Gasteiger partial charge in [-0.05, 0) is 36.0 Å². The fourth-order valence-corrected chi connectivity index (χ4v) is 9.47. The maximum absolute atomic E-state index is 13.5. The summed E-state index contributed by atoms with van der Waals surface area (Å²) in [4.78, 5) is 11.1. The Balaban J connectivity index is 2.40. The van der Waals surface area contributed by atoms with E-state index in [0.717, 1.165) is 11.4 Å². The largest absolute Gasteiger partial charge is 0.338 e. The van der Waals surface area contributed by atoms with Gasteiger partial charge in [0.2, 0.25) is 5.95 Å². The topological polar surface area (TPSA) is 29.0 Å². The molecule has 1 aromatic rings. The van der Waals surface area contributed by atoms with Crippen molar-refractivity contribution in [2.45, 2.75) is 77.7 Å². The van der Waals surface area contributed by atoms with Gasteiger partial charge in [-0.2, -0.15) is 0 Å². The third-order valence-electron chi connectivity index (χ3n) is 5.53. The quantitative estimate of drug-likeness (QED) is 0.564. The Morgan fingerprint density at radius 2 is 1.72 bits per heavy atom. The van der Waals surface area contributed by atoms with E-state index in [1.807, 2.05) is 17.9 Å². The Bertz CT molecular complexity index is 639. The number of hydrogen-bond donors (Lipinski definition) is 0. The number of nitrogens with zero attached hydrogens (tertiary/aromatic N) is 3. The molecular formula is C20H32FN3Si. The molecule has 2 heterocycles. The van der Waals surface area contributed by atoms with E-state index >= 15 is 0 Å². The first kappa shape index (κ1) is 19.9. The zero-order valence-corrected chi connectivity index (χ0v) is 17.7. The van der Waals surface area contributed by atoms with Crippen LogP contribution in [0.4, 0.5) is 10.3 Å². The first-order valence-corrected chi connectivity index (χ1v) is 11.7. The number of alkyl halides is 1. The van der Waals surface area contributed by atoms with Gasteiger partial charge in [-0.1, -0.05) is 47.5 Å². The molecule has 2 rings (SSSR count). The fraction of sp³-hybridized carbons (Fsp3) is 0.700. The molecule has 1 aromatic heterocycles. The molecule has 3 nitrogen and oxygen atoms in total. The van der Waals surface area contributed by atoms with Crippen LogP contribution in [-0.4, -0.2) is 37.3 Å². The second-order valence-electron chi connectivity index (χ2n) is 8.17. The first-order chi connectivity index (χ1) is 11.7. The summed E-state index contributed by atoms with van der Waals surface area (Å²) in [5.41, 5.74) is 7.14. The molecule has 1 unspecified atom stereocenters. The van der Waals surface area contributed by atoms with Crippen molar-refractivity contribution in [1.82, 2.24) is 9.97 Å². The molecule has 0 spiro atoms. The van der Waals surface area contributed by atoms with Crippen molar-refractivity contribution >= 4 is 14.0 Å². The third kappa shape index (κ3) is 4.23. The molecule has 0 aliphatic carbocycles. The van der Waals surface area contributed by atoms with E-state index in [1.54, 1.807) is 0 Å². The van der Waals surface area contributed by atoms with Gasteiger partial charge in [0.15, 0.2) is 0 Å². The van der Waals surface area contributed by atoms with Gasteiger partial charge in [0.25, 0.3) is 0 Å². The molecule has 1 aliphatic rings. The number of aromatic nitrogens is 2. The maximum atomic E-state index is 13.5. The normalized spacial score (nSPS) is 18.2. The molecule has 1 saturated heterocycles. The lowest BCUT2D eigenvalue weighted by Gasteiger charge is -2.38. The monoisotopic (exact) mass is 361 g/mol. The number of halogens is 1. The second-order valence-corrected chi connectivity index (χ2v) is 13.8. The van der Waals surface area contributed by atoms with Gasteiger partial charge in [-0.15, -0.1) is 5.54 Å². The first-order valence-electron chi connectivity index (χ1n) is 9.44. The molecule has 1 atom stereocenters. The lowest BCUT2D eigenvalue weighted by molar-refractivity contribution is 0.364. The summed E-state index contributed by atoms with van der Waals surface area (Å²) in [5, 5.41) is 0. The molecule has 0 radical (unpaired) electrons. The van der Waals surface area contributed by atoms with Crippen molar-refractivity contribution < 1.29 is 4.39 Å². The molecule has 1 aliphatic heterocycles. The predicted molar refractivity (Wildman–Crippen MR) is 106 cm³/mol. The van der Waals surface area contributed by atoms with Crippen LogP contribution in [0.1, 0.15) is 59.4 Å². The van der Waals surface area contributed by atoms with Crippen LogP contribution in [0.5, 0.6) is 0 Å². The molecule has 138 valence electrons. The maximum Gasteiger partial charge on any atom is 0.226 e. The lowest BCUT2D eigenvalue weighted by Crippen LogP contribution is -2.43. The Hall–Kier alpha value is -1.41. The van der Waals surface area contributed by atoms with Gasteiger partial charge in [-0.3, -0.25) is 0 Å². The predicted octanol–water partition coefficient (Wildman–Crippen LogP) is 4.90. The number of aryl methyl sites for hydroxylation is 1. The van der Waals surface area contributed by atoms with E-state index < -0.39 is 14.2 Å². The molecule has 0 aromatic carbocycles.